The van der Waals surface area contributed by atoms with Crippen LogP contribution in [0, 0.1) is 0 Å². The average molecular weight is 454 g/mol. The molecule has 1 atom stereocenters. The number of nitrogens with zero attached hydrogens (tertiary/aromatic N) is 4. The second-order valence-electron chi connectivity index (χ2n) is 7.40. The maximum Gasteiger partial charge on any atom is 0.245 e. The number of nitrogens with one attached hydrogen (secondary N) is 1. The van der Waals surface area contributed by atoms with Gasteiger partial charge in [-0.15, -0.1) is 0 Å². The van der Waals surface area contributed by atoms with E-state index in [4.69, 9.17) is 0 Å². The van der Waals surface area contributed by atoms with E-state index in [1.165, 1.54) is 0 Å². The molecule has 0 radical (unpaired) electrons. The highest BCUT2D eigenvalue weighted by atomic mass is 79.9. The van der Waals surface area contributed by atoms with E-state index >= 15 is 0 Å². The molecular weight excluding hydrogens is 430 g/mol. The number of amides is 1. The van der Waals surface area contributed by atoms with Crippen LogP contribution in [0.15, 0.2) is 59.3 Å². The van der Waals surface area contributed by atoms with Crippen molar-refractivity contribution in [2.24, 2.45) is 0 Å². The zero-order valence-corrected chi connectivity index (χ0v) is 18.0. The van der Waals surface area contributed by atoms with E-state index in [1.807, 2.05) is 41.3 Å². The number of piperazine rings is 1. The van der Waals surface area contributed by atoms with Crippen LogP contribution in [0.25, 0.3) is 10.9 Å². The monoisotopic (exact) mass is 453 g/mol. The number of carbonyl (C=O) groups excluding carboxylic acids is 1. The molecule has 0 saturated carbocycles. The lowest BCUT2D eigenvalue weighted by atomic mass is 10.0. The Balaban J connectivity index is 1.63. The molecule has 1 amide bonds. The molecule has 1 saturated heterocycles. The second-order valence-corrected chi connectivity index (χ2v) is 8.31. The van der Waals surface area contributed by atoms with Crippen molar-refractivity contribution in [3.63, 3.8) is 0 Å². The van der Waals surface area contributed by atoms with Crippen LogP contribution in [0.2, 0.25) is 0 Å². The third-order valence-electron chi connectivity index (χ3n) is 5.30. The first-order chi connectivity index (χ1) is 14.1. The van der Waals surface area contributed by atoms with Crippen molar-refractivity contribution < 1.29 is 4.79 Å². The molecule has 1 fully saturated rings. The summed E-state index contributed by atoms with van der Waals surface area (Å²) in [6.07, 6.45) is 2.14. The predicted octanol–water partition coefficient (Wildman–Crippen LogP) is 3.19. The number of halogens is 1. The lowest BCUT2D eigenvalue weighted by Gasteiger charge is -2.35. The summed E-state index contributed by atoms with van der Waals surface area (Å²) in [7, 11) is 2.09. The lowest BCUT2D eigenvalue weighted by molar-refractivity contribution is -0.133. The molecule has 0 unspecified atom stereocenters. The Morgan fingerprint density at radius 3 is 2.62 bits per heavy atom. The molecule has 2 aromatic carbocycles. The van der Waals surface area contributed by atoms with Crippen LogP contribution in [-0.4, -0.2) is 64.9 Å². The third kappa shape index (κ3) is 4.74. The normalized spacial score (nSPS) is 16.0. The zero-order chi connectivity index (χ0) is 20.2. The van der Waals surface area contributed by atoms with Gasteiger partial charge in [-0.2, -0.15) is 0 Å². The minimum atomic E-state index is -0.391. The van der Waals surface area contributed by atoms with Crippen LogP contribution < -0.4 is 5.32 Å². The standard InChI is InChI=1S/C22H24BrN5O/c1-27-9-11-28(12-10-27)22(29)20(13-16-5-3-2-4-6-16)26-21-18-14-17(23)7-8-19(18)24-15-25-21/h2-8,14-15,20H,9-13H2,1H3,(H,24,25,26)/t20-/m0/s1. The Labute approximate surface area is 179 Å². The van der Waals surface area contributed by atoms with E-state index in [9.17, 15) is 4.79 Å². The van der Waals surface area contributed by atoms with E-state index in [2.05, 4.69) is 55.3 Å². The van der Waals surface area contributed by atoms with Gasteiger partial charge in [0.25, 0.3) is 0 Å². The molecule has 29 heavy (non-hydrogen) atoms. The Morgan fingerprint density at radius 2 is 1.86 bits per heavy atom. The summed E-state index contributed by atoms with van der Waals surface area (Å²) in [6.45, 7) is 3.29. The largest absolute Gasteiger partial charge is 0.357 e. The molecule has 0 bridgehead atoms. The summed E-state index contributed by atoms with van der Waals surface area (Å²) in [5.74, 6) is 0.795. The summed E-state index contributed by atoms with van der Waals surface area (Å²) in [5, 5.41) is 4.32. The van der Waals surface area contributed by atoms with Crippen LogP contribution in [0.3, 0.4) is 0 Å². The Bertz CT molecular complexity index is 989. The van der Waals surface area contributed by atoms with Crippen molar-refractivity contribution in [2.75, 3.05) is 38.5 Å². The summed E-state index contributed by atoms with van der Waals surface area (Å²) >= 11 is 3.52. The minimum Gasteiger partial charge on any atom is -0.357 e. The molecule has 0 spiro atoms. The molecule has 4 rings (SSSR count). The van der Waals surface area contributed by atoms with Gasteiger partial charge in [-0.3, -0.25) is 4.79 Å². The molecule has 150 valence electrons. The molecule has 1 aliphatic rings. The van der Waals surface area contributed by atoms with Crippen LogP contribution in [0.1, 0.15) is 5.56 Å². The number of hydrogen-bond acceptors (Lipinski definition) is 5. The fourth-order valence-corrected chi connectivity index (χ4v) is 3.97. The average Bonchev–Trinajstić information content (AvgIpc) is 2.74. The first-order valence-electron chi connectivity index (χ1n) is 9.78. The van der Waals surface area contributed by atoms with Gasteiger partial charge in [0, 0.05) is 42.5 Å². The van der Waals surface area contributed by atoms with Gasteiger partial charge in [-0.05, 0) is 30.8 Å². The molecule has 0 aliphatic carbocycles. The van der Waals surface area contributed by atoms with E-state index in [0.29, 0.717) is 12.2 Å². The van der Waals surface area contributed by atoms with E-state index in [1.54, 1.807) is 6.33 Å². The Morgan fingerprint density at radius 1 is 1.10 bits per heavy atom. The smallest absolute Gasteiger partial charge is 0.245 e. The van der Waals surface area contributed by atoms with Gasteiger partial charge >= 0.3 is 0 Å². The van der Waals surface area contributed by atoms with Crippen molar-refractivity contribution in [2.45, 2.75) is 12.5 Å². The van der Waals surface area contributed by atoms with Gasteiger partial charge in [0.2, 0.25) is 5.91 Å². The molecule has 2 heterocycles. The first-order valence-corrected chi connectivity index (χ1v) is 10.6. The Kier molecular flexibility index (Phi) is 6.06. The van der Waals surface area contributed by atoms with Crippen molar-refractivity contribution in [1.29, 1.82) is 0 Å². The maximum absolute atomic E-state index is 13.4. The number of aromatic nitrogens is 2. The van der Waals surface area contributed by atoms with Crippen LogP contribution in [0.4, 0.5) is 5.82 Å². The number of rotatable bonds is 5. The highest BCUT2D eigenvalue weighted by Crippen LogP contribution is 2.24. The highest BCUT2D eigenvalue weighted by Gasteiger charge is 2.27. The summed E-state index contributed by atoms with van der Waals surface area (Å²) in [5.41, 5.74) is 1.96. The van der Waals surface area contributed by atoms with Gasteiger partial charge in [-0.1, -0.05) is 46.3 Å². The summed E-state index contributed by atoms with van der Waals surface area (Å²) < 4.78 is 0.952. The number of hydrogen-bond donors (Lipinski definition) is 1. The van der Waals surface area contributed by atoms with Gasteiger partial charge in [0.15, 0.2) is 0 Å². The number of fused-ring (bicyclic) bond motifs is 1. The zero-order valence-electron chi connectivity index (χ0n) is 16.4. The first kappa shape index (κ1) is 19.8. The topological polar surface area (TPSA) is 61.4 Å². The molecule has 6 nitrogen and oxygen atoms in total. The van der Waals surface area contributed by atoms with Crippen LogP contribution >= 0.6 is 15.9 Å². The molecular formula is C22H24BrN5O. The van der Waals surface area contributed by atoms with Gasteiger partial charge in [0.1, 0.15) is 18.2 Å². The lowest BCUT2D eigenvalue weighted by Crippen LogP contribution is -2.52. The van der Waals surface area contributed by atoms with Crippen molar-refractivity contribution in [3.05, 3.63) is 64.9 Å². The summed E-state index contributed by atoms with van der Waals surface area (Å²) in [4.78, 5) is 26.4. The van der Waals surface area contributed by atoms with Crippen LogP contribution in [-0.2, 0) is 11.2 Å². The SMILES string of the molecule is CN1CCN(C(=O)[C@H](Cc2ccccc2)Nc2ncnc3ccc(Br)cc23)CC1. The number of benzene rings is 2. The third-order valence-corrected chi connectivity index (χ3v) is 5.80. The van der Waals surface area contributed by atoms with Gasteiger partial charge in [0.05, 0.1) is 5.52 Å². The van der Waals surface area contributed by atoms with Crippen LogP contribution in [0.5, 0.6) is 0 Å². The van der Waals surface area contributed by atoms with E-state index in [0.717, 1.165) is 47.1 Å². The number of carbonyl (C=O) groups is 1. The van der Waals surface area contributed by atoms with E-state index < -0.39 is 6.04 Å². The molecule has 1 aliphatic heterocycles. The van der Waals surface area contributed by atoms with Gasteiger partial charge < -0.3 is 15.1 Å². The van der Waals surface area contributed by atoms with E-state index in [-0.39, 0.29) is 5.91 Å². The maximum atomic E-state index is 13.4. The fourth-order valence-electron chi connectivity index (χ4n) is 3.61. The second kappa shape index (κ2) is 8.88. The fraction of sp³-hybridized carbons (Fsp3) is 0.318. The molecule has 1 N–H and O–H groups in total. The van der Waals surface area contributed by atoms with Crippen molar-refractivity contribution in [1.82, 2.24) is 19.8 Å². The predicted molar refractivity (Wildman–Crippen MR) is 119 cm³/mol. The Hall–Kier alpha value is -2.51. The highest BCUT2D eigenvalue weighted by molar-refractivity contribution is 9.10. The number of likely N-dealkylation sites (N-methyl/N-ethyl adjacent to an activating group) is 1. The number of anilines is 1. The molecule has 7 heteroatoms. The molecule has 1 aromatic heterocycles. The summed E-state index contributed by atoms with van der Waals surface area (Å²) in [6, 6.07) is 15.6. The minimum absolute atomic E-state index is 0.115. The molecule has 3 aromatic rings. The van der Waals surface area contributed by atoms with Crippen molar-refractivity contribution >= 4 is 38.6 Å². The van der Waals surface area contributed by atoms with Gasteiger partial charge in [-0.25, -0.2) is 9.97 Å². The van der Waals surface area contributed by atoms with Crippen molar-refractivity contribution in [3.8, 4) is 0 Å². The quantitative estimate of drug-likeness (QED) is 0.642.